The van der Waals surface area contributed by atoms with E-state index in [1.807, 2.05) is 0 Å². The number of aliphatic carboxylic acids is 1. The number of carbonyl (C=O) groups is 1. The molecule has 1 rings (SSSR count). The van der Waals surface area contributed by atoms with Gasteiger partial charge in [-0.15, -0.1) is 0 Å². The van der Waals surface area contributed by atoms with Crippen molar-refractivity contribution in [2.75, 3.05) is 0 Å². The van der Waals surface area contributed by atoms with Crippen molar-refractivity contribution in [3.8, 4) is 5.88 Å². The largest absolute Gasteiger partial charge is 0.494 e. The van der Waals surface area contributed by atoms with Gasteiger partial charge in [0.1, 0.15) is 0 Å². The Morgan fingerprint density at radius 2 is 2.07 bits per heavy atom. The number of rotatable bonds is 2. The van der Waals surface area contributed by atoms with Crippen molar-refractivity contribution in [3.05, 3.63) is 20.7 Å². The van der Waals surface area contributed by atoms with Gasteiger partial charge in [0, 0.05) is 0 Å². The third-order valence-corrected chi connectivity index (χ3v) is 1.97. The third kappa shape index (κ3) is 1.82. The lowest BCUT2D eigenvalue weighted by atomic mass is 10.0. The predicted octanol–water partition coefficient (Wildman–Crippen LogP) is 0.326. The molecule has 0 amide bonds. The summed E-state index contributed by atoms with van der Waals surface area (Å²) < 4.78 is -0.0474. The van der Waals surface area contributed by atoms with Gasteiger partial charge in [0.25, 0.3) is 5.56 Å². The van der Waals surface area contributed by atoms with Crippen molar-refractivity contribution in [3.63, 3.8) is 0 Å². The molecule has 4 N–H and O–H groups in total. The average molecular weight is 216 g/mol. The molecular weight excluding hydrogens is 208 g/mol. The van der Waals surface area contributed by atoms with Gasteiger partial charge in [-0.1, -0.05) is 0 Å². The molecule has 0 aliphatic heterocycles. The van der Waals surface area contributed by atoms with Crippen LogP contribution in [0.5, 0.6) is 5.88 Å². The van der Waals surface area contributed by atoms with E-state index in [4.69, 9.17) is 5.11 Å². The highest BCUT2D eigenvalue weighted by Gasteiger charge is 2.21. The number of aromatic nitrogens is 2. The molecule has 1 unspecified atom stereocenters. The molecule has 14 heavy (non-hydrogen) atoms. The predicted molar refractivity (Wildman–Crippen MR) is 50.0 cm³/mol. The molecule has 0 saturated heterocycles. The summed E-state index contributed by atoms with van der Waals surface area (Å²) in [5.41, 5.74) is -0.924. The van der Waals surface area contributed by atoms with Gasteiger partial charge in [0.15, 0.2) is 10.7 Å². The molecule has 0 bridgehead atoms. The minimum atomic E-state index is -1.20. The fourth-order valence-electron chi connectivity index (χ4n) is 1.01. The summed E-state index contributed by atoms with van der Waals surface area (Å²) in [5, 5.41) is 17.9. The van der Waals surface area contributed by atoms with Gasteiger partial charge in [0.2, 0.25) is 0 Å². The van der Waals surface area contributed by atoms with Crippen LogP contribution in [0.15, 0.2) is 4.79 Å². The Bertz CT molecular complexity index is 475. The van der Waals surface area contributed by atoms with E-state index in [0.717, 1.165) is 0 Å². The molecule has 0 fully saturated rings. The third-order valence-electron chi connectivity index (χ3n) is 1.76. The molecule has 0 spiro atoms. The van der Waals surface area contributed by atoms with E-state index < -0.39 is 23.3 Å². The van der Waals surface area contributed by atoms with Crippen molar-refractivity contribution in [1.82, 2.24) is 9.97 Å². The van der Waals surface area contributed by atoms with Crippen molar-refractivity contribution in [2.24, 2.45) is 0 Å². The maximum absolute atomic E-state index is 11.2. The topological polar surface area (TPSA) is 106 Å². The Balaban J connectivity index is 3.42. The zero-order valence-corrected chi connectivity index (χ0v) is 8.01. The number of carboxylic acid groups (broad SMARTS) is 1. The van der Waals surface area contributed by atoms with Crippen LogP contribution in [0.2, 0.25) is 0 Å². The smallest absolute Gasteiger partial charge is 0.311 e. The number of H-pyrrole nitrogens is 2. The standard InChI is InChI=1S/C7H8N2O4S/c1-2(6(12)13)3-4(10)8-7(14)9-5(3)11/h2H,1H3,(H,12,13)(H3,8,9,10,11,14). The maximum Gasteiger partial charge on any atom is 0.311 e. The lowest BCUT2D eigenvalue weighted by Gasteiger charge is -2.06. The van der Waals surface area contributed by atoms with E-state index in [-0.39, 0.29) is 10.3 Å². The summed E-state index contributed by atoms with van der Waals surface area (Å²) in [7, 11) is 0. The van der Waals surface area contributed by atoms with Crippen LogP contribution in [0.25, 0.3) is 0 Å². The molecule has 0 saturated carbocycles. The van der Waals surface area contributed by atoms with Gasteiger partial charge in [-0.25, -0.2) is 0 Å². The highest BCUT2D eigenvalue weighted by molar-refractivity contribution is 7.71. The molecule has 1 heterocycles. The Kier molecular flexibility index (Phi) is 2.70. The second-order valence-electron chi connectivity index (χ2n) is 2.73. The summed E-state index contributed by atoms with van der Waals surface area (Å²) in [6.07, 6.45) is 0. The molecular formula is C7H8N2O4S. The van der Waals surface area contributed by atoms with Crippen LogP contribution in [0.3, 0.4) is 0 Å². The SMILES string of the molecule is CC(C(=O)O)c1c(O)[nH]c(=S)[nH]c1=O. The molecule has 0 radical (unpaired) electrons. The number of aromatic hydroxyl groups is 1. The molecule has 1 atom stereocenters. The van der Waals surface area contributed by atoms with Crippen LogP contribution in [-0.4, -0.2) is 26.2 Å². The molecule has 1 aromatic rings. The quantitative estimate of drug-likeness (QED) is 0.533. The fourth-order valence-corrected chi connectivity index (χ4v) is 1.20. The van der Waals surface area contributed by atoms with E-state index in [0.29, 0.717) is 0 Å². The monoisotopic (exact) mass is 216 g/mol. The number of nitrogens with one attached hydrogen (secondary N) is 2. The maximum atomic E-state index is 11.2. The highest BCUT2D eigenvalue weighted by Crippen LogP contribution is 2.18. The van der Waals surface area contributed by atoms with Gasteiger partial charge in [0.05, 0.1) is 11.5 Å². The molecule has 0 aliphatic rings. The van der Waals surface area contributed by atoms with Gasteiger partial charge in [-0.05, 0) is 19.1 Å². The Morgan fingerprint density at radius 3 is 2.50 bits per heavy atom. The number of carboxylic acids is 1. The molecule has 0 aromatic carbocycles. The Morgan fingerprint density at radius 1 is 1.50 bits per heavy atom. The van der Waals surface area contributed by atoms with Crippen LogP contribution in [0.4, 0.5) is 0 Å². The summed E-state index contributed by atoms with van der Waals surface area (Å²) in [5.74, 6) is -2.80. The van der Waals surface area contributed by atoms with Gasteiger partial charge in [-0.2, -0.15) is 0 Å². The Labute approximate surface area is 83.2 Å². The molecule has 0 aliphatic carbocycles. The summed E-state index contributed by atoms with van der Waals surface area (Å²) >= 11 is 4.58. The van der Waals surface area contributed by atoms with E-state index in [9.17, 15) is 14.7 Å². The van der Waals surface area contributed by atoms with Crippen LogP contribution < -0.4 is 5.56 Å². The van der Waals surface area contributed by atoms with E-state index >= 15 is 0 Å². The minimum Gasteiger partial charge on any atom is -0.494 e. The molecule has 6 nitrogen and oxygen atoms in total. The minimum absolute atomic E-state index is 0.0474. The molecule has 1 aromatic heterocycles. The van der Waals surface area contributed by atoms with Crippen molar-refractivity contribution < 1.29 is 15.0 Å². The first-order valence-electron chi connectivity index (χ1n) is 3.71. The summed E-state index contributed by atoms with van der Waals surface area (Å²) in [4.78, 5) is 26.3. The first-order chi connectivity index (χ1) is 6.43. The first-order valence-corrected chi connectivity index (χ1v) is 4.12. The van der Waals surface area contributed by atoms with Crippen molar-refractivity contribution in [1.29, 1.82) is 0 Å². The Hall–Kier alpha value is -1.63. The zero-order chi connectivity index (χ0) is 10.9. The molecule has 7 heteroatoms. The zero-order valence-electron chi connectivity index (χ0n) is 7.20. The van der Waals surface area contributed by atoms with E-state index in [2.05, 4.69) is 22.2 Å². The van der Waals surface area contributed by atoms with Crippen LogP contribution in [0.1, 0.15) is 18.4 Å². The average Bonchev–Trinajstić information content (AvgIpc) is 2.01. The van der Waals surface area contributed by atoms with Crippen LogP contribution in [-0.2, 0) is 4.79 Å². The van der Waals surface area contributed by atoms with Gasteiger partial charge < -0.3 is 15.2 Å². The van der Waals surface area contributed by atoms with E-state index in [1.165, 1.54) is 6.92 Å². The lowest BCUT2D eigenvalue weighted by molar-refractivity contribution is -0.138. The van der Waals surface area contributed by atoms with E-state index in [1.54, 1.807) is 0 Å². The van der Waals surface area contributed by atoms with Crippen molar-refractivity contribution in [2.45, 2.75) is 12.8 Å². The molecule has 76 valence electrons. The van der Waals surface area contributed by atoms with Crippen LogP contribution in [0, 0.1) is 4.77 Å². The second-order valence-corrected chi connectivity index (χ2v) is 3.14. The number of hydrogen-bond donors (Lipinski definition) is 4. The van der Waals surface area contributed by atoms with Crippen LogP contribution >= 0.6 is 12.2 Å². The number of hydrogen-bond acceptors (Lipinski definition) is 4. The normalized spacial score (nSPS) is 12.4. The summed E-state index contributed by atoms with van der Waals surface area (Å²) in [6, 6.07) is 0. The highest BCUT2D eigenvalue weighted by atomic mass is 32.1. The first kappa shape index (κ1) is 10.5. The number of aromatic amines is 2. The fraction of sp³-hybridized carbons (Fsp3) is 0.286. The lowest BCUT2D eigenvalue weighted by Crippen LogP contribution is -2.20. The van der Waals surface area contributed by atoms with Crippen molar-refractivity contribution >= 4 is 18.2 Å². The second kappa shape index (κ2) is 3.62. The van der Waals surface area contributed by atoms with Gasteiger partial charge >= 0.3 is 5.97 Å². The van der Waals surface area contributed by atoms with Gasteiger partial charge in [-0.3, -0.25) is 14.6 Å². The summed E-state index contributed by atoms with van der Waals surface area (Å²) in [6.45, 7) is 1.30.